The summed E-state index contributed by atoms with van der Waals surface area (Å²) < 4.78 is 18.9. The molecule has 23 heavy (non-hydrogen) atoms. The molecular weight excluding hydrogens is 321 g/mol. The Hall–Kier alpha value is -1.33. The van der Waals surface area contributed by atoms with E-state index < -0.39 is 29.7 Å². The molecule has 1 aromatic rings. The summed E-state index contributed by atoms with van der Waals surface area (Å²) >= 11 is 5.86. The fourth-order valence-electron chi connectivity index (χ4n) is 2.80. The maximum Gasteiger partial charge on any atom is 0.410 e. The first kappa shape index (κ1) is 18.0. The lowest BCUT2D eigenvalue weighted by molar-refractivity contribution is -0.0169. The standard InChI is InChI=1S/C17H23ClFNO3/c1-17(2,3)23-16(22)20-7-5-4-6-14(20)15(21)11-8-12(18)10-13(19)9-11/h8-10,14-15,21H,4-7H2,1-3H3/t14-,15?/m0/s1. The first-order chi connectivity index (χ1) is 10.7. The summed E-state index contributed by atoms with van der Waals surface area (Å²) in [5, 5.41) is 10.9. The molecule has 2 atom stereocenters. The number of ether oxygens (including phenoxy) is 1. The van der Waals surface area contributed by atoms with Gasteiger partial charge < -0.3 is 14.7 Å². The van der Waals surface area contributed by atoms with Gasteiger partial charge in [-0.1, -0.05) is 11.6 Å². The molecule has 1 aliphatic rings. The minimum Gasteiger partial charge on any atom is -0.444 e. The van der Waals surface area contributed by atoms with Crippen LogP contribution in [0.2, 0.25) is 5.02 Å². The van der Waals surface area contributed by atoms with Gasteiger partial charge in [0.05, 0.1) is 12.1 Å². The molecule has 0 spiro atoms. The van der Waals surface area contributed by atoms with Crippen molar-refractivity contribution in [3.63, 3.8) is 0 Å². The largest absolute Gasteiger partial charge is 0.444 e. The summed E-state index contributed by atoms with van der Waals surface area (Å²) in [6.07, 6.45) is 0.921. The normalized spacial score (nSPS) is 20.3. The molecule has 1 fully saturated rings. The molecule has 6 heteroatoms. The average molecular weight is 344 g/mol. The third kappa shape index (κ3) is 4.82. The number of amides is 1. The van der Waals surface area contributed by atoms with E-state index in [0.29, 0.717) is 18.5 Å². The number of aliphatic hydroxyl groups is 1. The van der Waals surface area contributed by atoms with Crippen molar-refractivity contribution in [2.75, 3.05) is 6.54 Å². The van der Waals surface area contributed by atoms with Crippen molar-refractivity contribution in [1.29, 1.82) is 0 Å². The van der Waals surface area contributed by atoms with Crippen LogP contribution in [0.25, 0.3) is 0 Å². The van der Waals surface area contributed by atoms with Gasteiger partial charge in [-0.05, 0) is 63.8 Å². The second kappa shape index (κ2) is 7.05. The Bertz CT molecular complexity index is 553. The predicted molar refractivity (Wildman–Crippen MR) is 86.9 cm³/mol. The summed E-state index contributed by atoms with van der Waals surface area (Å²) in [6, 6.07) is 3.51. The highest BCUT2D eigenvalue weighted by Gasteiger charge is 2.35. The lowest BCUT2D eigenvalue weighted by atomic mass is 9.93. The summed E-state index contributed by atoms with van der Waals surface area (Å²) in [6.45, 7) is 5.91. The Kier molecular flexibility index (Phi) is 5.53. The summed E-state index contributed by atoms with van der Waals surface area (Å²) in [4.78, 5) is 13.9. The molecule has 0 saturated carbocycles. The zero-order chi connectivity index (χ0) is 17.2. The van der Waals surface area contributed by atoms with Crippen molar-refractivity contribution >= 4 is 17.7 Å². The molecule has 1 N–H and O–H groups in total. The number of carbonyl (C=O) groups is 1. The van der Waals surface area contributed by atoms with Crippen LogP contribution in [-0.4, -0.2) is 34.3 Å². The van der Waals surface area contributed by atoms with Gasteiger partial charge >= 0.3 is 6.09 Å². The van der Waals surface area contributed by atoms with E-state index in [1.165, 1.54) is 23.1 Å². The number of rotatable bonds is 2. The molecule has 4 nitrogen and oxygen atoms in total. The molecule has 0 aliphatic carbocycles. The number of aliphatic hydroxyl groups excluding tert-OH is 1. The minimum absolute atomic E-state index is 0.221. The van der Waals surface area contributed by atoms with E-state index in [0.717, 1.165) is 12.8 Å². The minimum atomic E-state index is -1.00. The van der Waals surface area contributed by atoms with Crippen molar-refractivity contribution in [2.24, 2.45) is 0 Å². The maximum absolute atomic E-state index is 13.5. The second-order valence-corrected chi connectivity index (χ2v) is 7.32. The van der Waals surface area contributed by atoms with Crippen LogP contribution in [0, 0.1) is 5.82 Å². The van der Waals surface area contributed by atoms with E-state index >= 15 is 0 Å². The molecule has 128 valence electrons. The molecule has 0 bridgehead atoms. The van der Waals surface area contributed by atoms with E-state index in [1.807, 2.05) is 0 Å². The van der Waals surface area contributed by atoms with E-state index in [2.05, 4.69) is 0 Å². The van der Waals surface area contributed by atoms with Gasteiger partial charge in [0.25, 0.3) is 0 Å². The monoisotopic (exact) mass is 343 g/mol. The third-order valence-electron chi connectivity index (χ3n) is 3.77. The number of nitrogens with zero attached hydrogens (tertiary/aromatic N) is 1. The Balaban J connectivity index is 2.21. The van der Waals surface area contributed by atoms with Crippen molar-refractivity contribution < 1.29 is 19.0 Å². The first-order valence-electron chi connectivity index (χ1n) is 7.81. The highest BCUT2D eigenvalue weighted by atomic mass is 35.5. The maximum atomic E-state index is 13.5. The molecule has 0 radical (unpaired) electrons. The van der Waals surface area contributed by atoms with Crippen molar-refractivity contribution in [2.45, 2.75) is 57.8 Å². The van der Waals surface area contributed by atoms with Gasteiger partial charge in [-0.2, -0.15) is 0 Å². The van der Waals surface area contributed by atoms with E-state index in [4.69, 9.17) is 16.3 Å². The van der Waals surface area contributed by atoms with E-state index in [-0.39, 0.29) is 5.02 Å². The molecule has 1 amide bonds. The highest BCUT2D eigenvalue weighted by Crippen LogP contribution is 2.31. The molecule has 0 aromatic heterocycles. The van der Waals surface area contributed by atoms with Crippen LogP contribution in [0.1, 0.15) is 51.7 Å². The van der Waals surface area contributed by atoms with Gasteiger partial charge in [-0.3, -0.25) is 0 Å². The van der Waals surface area contributed by atoms with Crippen LogP contribution in [0.3, 0.4) is 0 Å². The molecule has 1 aromatic carbocycles. The van der Waals surface area contributed by atoms with Gasteiger partial charge in [-0.15, -0.1) is 0 Å². The van der Waals surface area contributed by atoms with Crippen LogP contribution >= 0.6 is 11.6 Å². The Morgan fingerprint density at radius 1 is 1.39 bits per heavy atom. The van der Waals surface area contributed by atoms with Gasteiger partial charge in [0, 0.05) is 11.6 Å². The number of hydrogen-bond acceptors (Lipinski definition) is 3. The van der Waals surface area contributed by atoms with Crippen LogP contribution in [-0.2, 0) is 4.74 Å². The van der Waals surface area contributed by atoms with Crippen molar-refractivity contribution in [3.8, 4) is 0 Å². The molecule has 1 unspecified atom stereocenters. The molecule has 1 aliphatic heterocycles. The van der Waals surface area contributed by atoms with Crippen molar-refractivity contribution in [1.82, 2.24) is 4.90 Å². The van der Waals surface area contributed by atoms with Gasteiger partial charge in [0.1, 0.15) is 11.4 Å². The van der Waals surface area contributed by atoms with Gasteiger partial charge in [0.15, 0.2) is 0 Å². The van der Waals surface area contributed by atoms with Crippen LogP contribution < -0.4 is 0 Å². The summed E-state index contributed by atoms with van der Waals surface area (Å²) in [7, 11) is 0. The first-order valence-corrected chi connectivity index (χ1v) is 8.19. The van der Waals surface area contributed by atoms with Crippen LogP contribution in [0.4, 0.5) is 9.18 Å². The number of carbonyl (C=O) groups excluding carboxylic acids is 1. The summed E-state index contributed by atoms with van der Waals surface area (Å²) in [5.74, 6) is -0.508. The predicted octanol–water partition coefficient (Wildman–Crippen LogP) is 4.30. The molecule has 2 rings (SSSR count). The zero-order valence-corrected chi connectivity index (χ0v) is 14.4. The topological polar surface area (TPSA) is 49.8 Å². The fourth-order valence-corrected chi connectivity index (χ4v) is 3.03. The fraction of sp³-hybridized carbons (Fsp3) is 0.588. The second-order valence-electron chi connectivity index (χ2n) is 6.88. The van der Waals surface area contributed by atoms with Gasteiger partial charge in [-0.25, -0.2) is 9.18 Å². The van der Waals surface area contributed by atoms with Gasteiger partial charge in [0.2, 0.25) is 0 Å². The van der Waals surface area contributed by atoms with Crippen LogP contribution in [0.15, 0.2) is 18.2 Å². The third-order valence-corrected chi connectivity index (χ3v) is 3.99. The Labute approximate surface area is 141 Å². The highest BCUT2D eigenvalue weighted by molar-refractivity contribution is 6.30. The lowest BCUT2D eigenvalue weighted by Gasteiger charge is -2.39. The molecule has 1 heterocycles. The smallest absolute Gasteiger partial charge is 0.410 e. The number of likely N-dealkylation sites (tertiary alicyclic amines) is 1. The molecule has 1 saturated heterocycles. The SMILES string of the molecule is CC(C)(C)OC(=O)N1CCCC[C@H]1C(O)c1cc(F)cc(Cl)c1. The van der Waals surface area contributed by atoms with E-state index in [9.17, 15) is 14.3 Å². The lowest BCUT2D eigenvalue weighted by Crippen LogP contribution is -2.48. The average Bonchev–Trinajstić information content (AvgIpc) is 2.43. The van der Waals surface area contributed by atoms with Crippen LogP contribution in [0.5, 0.6) is 0 Å². The zero-order valence-electron chi connectivity index (χ0n) is 13.7. The number of benzene rings is 1. The number of hydrogen-bond donors (Lipinski definition) is 1. The number of piperidine rings is 1. The Morgan fingerprint density at radius 3 is 2.70 bits per heavy atom. The number of halogens is 2. The quantitative estimate of drug-likeness (QED) is 0.870. The van der Waals surface area contributed by atoms with E-state index in [1.54, 1.807) is 20.8 Å². The Morgan fingerprint density at radius 2 is 2.09 bits per heavy atom. The van der Waals surface area contributed by atoms with Crippen molar-refractivity contribution in [3.05, 3.63) is 34.6 Å². The summed E-state index contributed by atoms with van der Waals surface area (Å²) in [5.41, 5.74) is -0.234. The molecular formula is C17H23ClFNO3.